The molecule has 36 heavy (non-hydrogen) atoms. The predicted octanol–water partition coefficient (Wildman–Crippen LogP) is 5.22. The predicted molar refractivity (Wildman–Crippen MR) is 165 cm³/mol. The maximum atomic E-state index is 2.36. The largest absolute Gasteiger partial charge is 1.00 e. The van der Waals surface area contributed by atoms with Crippen LogP contribution in [0.2, 0.25) is 0 Å². The van der Waals surface area contributed by atoms with Crippen LogP contribution in [0.1, 0.15) is 158 Å². The van der Waals surface area contributed by atoms with E-state index in [2.05, 4.69) is 55.4 Å². The number of hydrogen-bond acceptors (Lipinski definition) is 0. The first-order chi connectivity index (χ1) is 16.5. The fraction of sp³-hybridized carbons (Fsp3) is 1.00. The van der Waals surface area contributed by atoms with Crippen LogP contribution in [0.3, 0.4) is 0 Å². The van der Waals surface area contributed by atoms with E-state index in [1.54, 1.807) is 24.6 Å². The average molecular weight is 540 g/mol. The van der Waals surface area contributed by atoms with Crippen molar-refractivity contribution in [2.24, 2.45) is 0 Å². The molecule has 0 aromatic heterocycles. The van der Waals surface area contributed by atoms with Crippen molar-refractivity contribution >= 4 is 7.26 Å². The Morgan fingerprint density at radius 2 is 0.528 bits per heavy atom. The Morgan fingerprint density at radius 1 is 0.333 bits per heavy atom. The van der Waals surface area contributed by atoms with E-state index >= 15 is 0 Å². The molecule has 0 heterocycles. The monoisotopic (exact) mass is 540 g/mol. The molecule has 1 nitrogen and oxygen atoms in total. The summed E-state index contributed by atoms with van der Waals surface area (Å²) in [5.41, 5.74) is 0. The van der Waals surface area contributed by atoms with E-state index in [0.29, 0.717) is 0 Å². The lowest BCUT2D eigenvalue weighted by molar-refractivity contribution is -0.929. The van der Waals surface area contributed by atoms with Gasteiger partial charge in [-0.25, -0.2) is 0 Å². The lowest BCUT2D eigenvalue weighted by Gasteiger charge is -2.39. The molecule has 0 rings (SSSR count). The number of halogens is 2. The summed E-state index contributed by atoms with van der Waals surface area (Å²) in [4.78, 5) is 0. The minimum absolute atomic E-state index is 0. The summed E-state index contributed by atoms with van der Waals surface area (Å²) in [6.45, 7) is 24.4. The fourth-order valence-corrected chi connectivity index (χ4v) is 10.6. The van der Waals surface area contributed by atoms with Crippen molar-refractivity contribution in [3.05, 3.63) is 0 Å². The van der Waals surface area contributed by atoms with Gasteiger partial charge in [-0.1, -0.05) is 107 Å². The number of unbranched alkanes of at least 4 members (excludes halogenated alkanes) is 8. The molecule has 0 aromatic rings. The molecule has 0 radical (unpaired) electrons. The first kappa shape index (κ1) is 43.3. The van der Waals surface area contributed by atoms with Gasteiger partial charge in [0.15, 0.2) is 0 Å². The van der Waals surface area contributed by atoms with E-state index in [1.165, 1.54) is 133 Å². The molecule has 0 amide bonds. The van der Waals surface area contributed by atoms with Crippen molar-refractivity contribution in [3.8, 4) is 0 Å². The quantitative estimate of drug-likeness (QED) is 0.117. The summed E-state index contributed by atoms with van der Waals surface area (Å²) >= 11 is 0. The Bertz CT molecular complexity index is 281. The summed E-state index contributed by atoms with van der Waals surface area (Å²) < 4.78 is 1.42. The molecule has 0 saturated heterocycles. The highest BCUT2D eigenvalue weighted by atomic mass is 31.2. The third-order valence-electron chi connectivity index (χ3n) is 7.89. The van der Waals surface area contributed by atoms with Crippen LogP contribution in [0.25, 0.3) is 0 Å². The molecule has 0 atom stereocenters. The second kappa shape index (κ2) is 31.5. The maximum Gasteiger partial charge on any atom is 0.0786 e. The minimum Gasteiger partial charge on any atom is -1.00 e. The normalized spacial score (nSPS) is 11.3. The third kappa shape index (κ3) is 23.4. The number of hydrogen-bond donors (Lipinski definition) is 0. The van der Waals surface area contributed by atoms with Crippen molar-refractivity contribution in [2.45, 2.75) is 158 Å². The van der Waals surface area contributed by atoms with E-state index in [-0.39, 0.29) is 9.41 Å². The Labute approximate surface area is 230 Å². The van der Waals surface area contributed by atoms with Gasteiger partial charge in [0.2, 0.25) is 0 Å². The molecule has 224 valence electrons. The number of quaternary nitrogens is 1. The van der Waals surface area contributed by atoms with Crippen LogP contribution in [0.4, 0.5) is 0 Å². The molecule has 0 saturated carbocycles. The van der Waals surface area contributed by atoms with Gasteiger partial charge in [0.25, 0.3) is 0 Å². The summed E-state index contributed by atoms with van der Waals surface area (Å²) in [6.07, 6.45) is 29.0. The highest BCUT2D eigenvalue weighted by Gasteiger charge is 2.34. The molecular formula is C32H72F2NP. The lowest BCUT2D eigenvalue weighted by atomic mass is 10.1. The maximum absolute atomic E-state index is 2.36. The van der Waals surface area contributed by atoms with Crippen LogP contribution >= 0.6 is 7.26 Å². The van der Waals surface area contributed by atoms with Gasteiger partial charge in [-0.15, -0.1) is 0 Å². The number of nitrogens with zero attached hydrogens (tertiary/aromatic N) is 1. The Morgan fingerprint density at radius 3 is 0.694 bits per heavy atom. The fourth-order valence-electron chi connectivity index (χ4n) is 5.29. The minimum atomic E-state index is -0.562. The van der Waals surface area contributed by atoms with Crippen LogP contribution in [-0.2, 0) is 0 Å². The van der Waals surface area contributed by atoms with Gasteiger partial charge < -0.3 is 13.9 Å². The molecule has 0 aromatic carbocycles. The summed E-state index contributed by atoms with van der Waals surface area (Å²) in [5.74, 6) is 0. The van der Waals surface area contributed by atoms with Crippen LogP contribution in [0.15, 0.2) is 0 Å². The summed E-state index contributed by atoms with van der Waals surface area (Å²) in [6, 6.07) is 0. The third-order valence-corrected chi connectivity index (χ3v) is 12.9. The number of rotatable bonds is 24. The molecule has 0 fully saturated rings. The van der Waals surface area contributed by atoms with Gasteiger partial charge in [-0.3, -0.25) is 0 Å². The van der Waals surface area contributed by atoms with Gasteiger partial charge in [-0.05, 0) is 51.4 Å². The molecule has 0 N–H and O–H groups in total. The Balaban J connectivity index is -0.000000269. The van der Waals surface area contributed by atoms with E-state index in [0.717, 1.165) is 0 Å². The standard InChI is InChI=1S/C16H36N.C16H36P.2FH/c2*1-5-9-13-17(14-10-6-2,15-11-7-3)16-12-8-4;;/h2*5-16H2,1-4H3;2*1H/q2*+1;;/p-2. The average Bonchev–Trinajstić information content (AvgIpc) is 2.87. The van der Waals surface area contributed by atoms with Gasteiger partial charge >= 0.3 is 0 Å². The highest BCUT2D eigenvalue weighted by molar-refractivity contribution is 7.75. The second-order valence-corrected chi connectivity index (χ2v) is 15.8. The zero-order valence-electron chi connectivity index (χ0n) is 26.6. The first-order valence-electron chi connectivity index (χ1n) is 16.2. The van der Waals surface area contributed by atoms with Crippen LogP contribution in [0, 0.1) is 0 Å². The van der Waals surface area contributed by atoms with E-state index < -0.39 is 7.26 Å². The van der Waals surface area contributed by atoms with Crippen molar-refractivity contribution in [1.29, 1.82) is 0 Å². The van der Waals surface area contributed by atoms with Crippen LogP contribution < -0.4 is 9.41 Å². The van der Waals surface area contributed by atoms with Crippen molar-refractivity contribution in [2.75, 3.05) is 50.8 Å². The van der Waals surface area contributed by atoms with Crippen LogP contribution in [0.5, 0.6) is 0 Å². The molecule has 0 aliphatic rings. The van der Waals surface area contributed by atoms with E-state index in [9.17, 15) is 0 Å². The smallest absolute Gasteiger partial charge is 0.0786 e. The Hall–Kier alpha value is 0.250. The Kier molecular flexibility index (Phi) is 37.9. The SMILES string of the molecule is CCCC[N+](CCCC)(CCCC)CCCC.CCCC[P+](CCCC)(CCCC)CCCC.[F-].[F-]. The van der Waals surface area contributed by atoms with Gasteiger partial charge in [-0.2, -0.15) is 0 Å². The van der Waals surface area contributed by atoms with Crippen molar-refractivity contribution < 1.29 is 13.9 Å². The van der Waals surface area contributed by atoms with E-state index in [1.807, 2.05) is 0 Å². The van der Waals surface area contributed by atoms with Crippen molar-refractivity contribution in [1.82, 2.24) is 0 Å². The molecule has 0 bridgehead atoms. The zero-order valence-corrected chi connectivity index (χ0v) is 27.5. The van der Waals surface area contributed by atoms with Gasteiger partial charge in [0, 0.05) is 7.26 Å². The summed E-state index contributed by atoms with van der Waals surface area (Å²) in [7, 11) is -0.562. The van der Waals surface area contributed by atoms with E-state index in [4.69, 9.17) is 0 Å². The molecule has 0 spiro atoms. The zero-order chi connectivity index (χ0) is 26.0. The van der Waals surface area contributed by atoms with Crippen molar-refractivity contribution in [3.63, 3.8) is 0 Å². The molecule has 0 aliphatic carbocycles. The molecule has 0 unspecified atom stereocenters. The highest BCUT2D eigenvalue weighted by Crippen LogP contribution is 2.61. The molecule has 4 heteroatoms. The first-order valence-corrected chi connectivity index (χ1v) is 18.7. The topological polar surface area (TPSA) is 0 Å². The van der Waals surface area contributed by atoms with Gasteiger partial charge in [0.1, 0.15) is 0 Å². The second-order valence-electron chi connectivity index (χ2n) is 11.3. The summed E-state index contributed by atoms with van der Waals surface area (Å²) in [5, 5.41) is 0. The van der Waals surface area contributed by atoms with Crippen LogP contribution in [-0.4, -0.2) is 55.3 Å². The lowest BCUT2D eigenvalue weighted by Crippen LogP contribution is -3.00. The van der Waals surface area contributed by atoms with Gasteiger partial charge in [0.05, 0.1) is 50.8 Å². The molecular weight excluding hydrogens is 467 g/mol. The molecule has 0 aliphatic heterocycles.